The number of phenols is 1. The number of oxime groups is 1. The first-order chi connectivity index (χ1) is 8.65. The van der Waals surface area contributed by atoms with Gasteiger partial charge in [0, 0.05) is 11.6 Å². The second-order valence-corrected chi connectivity index (χ2v) is 3.80. The van der Waals surface area contributed by atoms with Gasteiger partial charge in [-0.1, -0.05) is 5.16 Å². The van der Waals surface area contributed by atoms with Gasteiger partial charge < -0.3 is 14.7 Å². The van der Waals surface area contributed by atoms with Crippen LogP contribution in [-0.4, -0.2) is 29.8 Å². The molecule has 6 heteroatoms. The van der Waals surface area contributed by atoms with Gasteiger partial charge in [0.25, 0.3) is 0 Å². The molecule has 0 amide bonds. The van der Waals surface area contributed by atoms with Crippen LogP contribution in [0.5, 0.6) is 11.5 Å². The SMILES string of the molecule is COc1cc(O)ccc1/C=C1\C(=O)ON=C1CCl. The standard InChI is InChI=1S/C12H10ClNO4/c1-17-11-5-8(15)3-2-7(11)4-9-10(6-13)14-18-12(9)16/h2-5,15H,6H2,1H3/b9-4-. The summed E-state index contributed by atoms with van der Waals surface area (Å²) in [7, 11) is 1.47. The van der Waals surface area contributed by atoms with Crippen molar-refractivity contribution in [1.29, 1.82) is 0 Å². The maximum absolute atomic E-state index is 11.5. The number of alkyl halides is 1. The molecule has 0 spiro atoms. The minimum absolute atomic E-state index is 0.0780. The Bertz CT molecular complexity index is 551. The summed E-state index contributed by atoms with van der Waals surface area (Å²) in [5.41, 5.74) is 1.28. The number of carbonyl (C=O) groups excluding carboxylic acids is 1. The van der Waals surface area contributed by atoms with Gasteiger partial charge in [0.05, 0.1) is 18.6 Å². The van der Waals surface area contributed by atoms with Gasteiger partial charge in [-0.2, -0.15) is 0 Å². The fourth-order valence-electron chi connectivity index (χ4n) is 1.53. The van der Waals surface area contributed by atoms with Crippen molar-refractivity contribution in [3.63, 3.8) is 0 Å². The molecule has 1 aliphatic heterocycles. The van der Waals surface area contributed by atoms with Gasteiger partial charge in [-0.15, -0.1) is 11.6 Å². The minimum atomic E-state index is -0.555. The Morgan fingerprint density at radius 3 is 3.00 bits per heavy atom. The Morgan fingerprint density at radius 1 is 1.56 bits per heavy atom. The number of ether oxygens (including phenoxy) is 1. The molecule has 0 aromatic heterocycles. The molecular formula is C12H10ClNO4. The van der Waals surface area contributed by atoms with Crippen LogP contribution in [0.2, 0.25) is 0 Å². The minimum Gasteiger partial charge on any atom is -0.508 e. The van der Waals surface area contributed by atoms with Crippen molar-refractivity contribution < 1.29 is 19.5 Å². The maximum atomic E-state index is 11.5. The highest BCUT2D eigenvalue weighted by molar-refractivity contribution is 6.38. The fourth-order valence-corrected chi connectivity index (χ4v) is 1.72. The summed E-state index contributed by atoms with van der Waals surface area (Å²) in [5, 5.41) is 12.9. The van der Waals surface area contributed by atoms with Crippen LogP contribution in [0.4, 0.5) is 0 Å². The summed E-state index contributed by atoms with van der Waals surface area (Å²) in [4.78, 5) is 16.0. The maximum Gasteiger partial charge on any atom is 0.367 e. The molecule has 1 aromatic carbocycles. The van der Waals surface area contributed by atoms with Crippen molar-refractivity contribution in [2.75, 3.05) is 13.0 Å². The zero-order valence-corrected chi connectivity index (χ0v) is 10.3. The fraction of sp³-hybridized carbons (Fsp3) is 0.167. The molecule has 0 saturated heterocycles. The monoisotopic (exact) mass is 267 g/mol. The van der Waals surface area contributed by atoms with Gasteiger partial charge in [-0.05, 0) is 18.2 Å². The molecule has 0 fully saturated rings. The Morgan fingerprint density at radius 2 is 2.33 bits per heavy atom. The number of hydrogen-bond donors (Lipinski definition) is 1. The smallest absolute Gasteiger partial charge is 0.367 e. The van der Waals surface area contributed by atoms with Crippen molar-refractivity contribution in [2.24, 2.45) is 5.16 Å². The van der Waals surface area contributed by atoms with Crippen LogP contribution < -0.4 is 4.74 Å². The number of methoxy groups -OCH3 is 1. The van der Waals surface area contributed by atoms with Crippen LogP contribution in [0.25, 0.3) is 6.08 Å². The number of hydrogen-bond acceptors (Lipinski definition) is 5. The second kappa shape index (κ2) is 5.10. The summed E-state index contributed by atoms with van der Waals surface area (Å²) < 4.78 is 5.11. The molecule has 0 radical (unpaired) electrons. The van der Waals surface area contributed by atoms with Crippen LogP contribution >= 0.6 is 11.6 Å². The number of phenolic OH excluding ortho intramolecular Hbond substituents is 1. The van der Waals surface area contributed by atoms with Crippen LogP contribution in [0, 0.1) is 0 Å². The third-order valence-corrected chi connectivity index (χ3v) is 2.67. The quantitative estimate of drug-likeness (QED) is 0.516. The Labute approximate surface area is 108 Å². The van der Waals surface area contributed by atoms with E-state index in [2.05, 4.69) is 9.99 Å². The van der Waals surface area contributed by atoms with E-state index >= 15 is 0 Å². The summed E-state index contributed by atoms with van der Waals surface area (Å²) in [6.45, 7) is 0. The lowest BCUT2D eigenvalue weighted by Gasteiger charge is -2.05. The highest BCUT2D eigenvalue weighted by Gasteiger charge is 2.25. The van der Waals surface area contributed by atoms with Crippen molar-refractivity contribution in [2.45, 2.75) is 0 Å². The van der Waals surface area contributed by atoms with E-state index in [0.717, 1.165) is 0 Å². The van der Waals surface area contributed by atoms with E-state index in [1.165, 1.54) is 19.2 Å². The molecule has 0 atom stereocenters. The van der Waals surface area contributed by atoms with E-state index < -0.39 is 5.97 Å². The third kappa shape index (κ3) is 2.31. The van der Waals surface area contributed by atoms with Gasteiger partial charge in [0.2, 0.25) is 0 Å². The summed E-state index contributed by atoms with van der Waals surface area (Å²) in [6.07, 6.45) is 1.56. The summed E-state index contributed by atoms with van der Waals surface area (Å²) in [5.74, 6) is 0.0453. The number of benzene rings is 1. The molecular weight excluding hydrogens is 258 g/mol. The van der Waals surface area contributed by atoms with Crippen LogP contribution in [-0.2, 0) is 9.63 Å². The van der Waals surface area contributed by atoms with Gasteiger partial charge >= 0.3 is 5.97 Å². The Hall–Kier alpha value is -2.01. The first kappa shape index (κ1) is 12.4. The highest BCUT2D eigenvalue weighted by atomic mass is 35.5. The number of halogens is 1. The average Bonchev–Trinajstić information content (AvgIpc) is 2.72. The lowest BCUT2D eigenvalue weighted by molar-refractivity contribution is -0.136. The van der Waals surface area contributed by atoms with Crippen molar-refractivity contribution in [1.82, 2.24) is 0 Å². The normalized spacial score (nSPS) is 16.7. The molecule has 18 heavy (non-hydrogen) atoms. The largest absolute Gasteiger partial charge is 0.508 e. The lowest BCUT2D eigenvalue weighted by Crippen LogP contribution is -2.06. The number of rotatable bonds is 3. The van der Waals surface area contributed by atoms with Gasteiger partial charge in [-0.3, -0.25) is 0 Å². The average molecular weight is 268 g/mol. The molecule has 1 aromatic rings. The molecule has 2 rings (SSSR count). The van der Waals surface area contributed by atoms with Gasteiger partial charge in [-0.25, -0.2) is 4.79 Å². The van der Waals surface area contributed by atoms with Crippen LogP contribution in [0.3, 0.4) is 0 Å². The summed E-state index contributed by atoms with van der Waals surface area (Å²) >= 11 is 5.66. The van der Waals surface area contributed by atoms with E-state index in [4.69, 9.17) is 16.3 Å². The first-order valence-electron chi connectivity index (χ1n) is 5.09. The molecule has 1 aliphatic rings. The third-order valence-electron chi connectivity index (χ3n) is 2.41. The second-order valence-electron chi connectivity index (χ2n) is 3.53. The molecule has 5 nitrogen and oxygen atoms in total. The van der Waals surface area contributed by atoms with E-state index in [1.54, 1.807) is 12.1 Å². The van der Waals surface area contributed by atoms with Crippen molar-refractivity contribution in [3.05, 3.63) is 29.3 Å². The number of aromatic hydroxyl groups is 1. The first-order valence-corrected chi connectivity index (χ1v) is 5.62. The summed E-state index contributed by atoms with van der Waals surface area (Å²) in [6, 6.07) is 4.56. The van der Waals surface area contributed by atoms with Gasteiger partial charge in [0.1, 0.15) is 17.2 Å². The van der Waals surface area contributed by atoms with E-state index in [-0.39, 0.29) is 17.2 Å². The predicted octanol–water partition coefficient (Wildman–Crippen LogP) is 1.94. The number of nitrogens with zero attached hydrogens (tertiary/aromatic N) is 1. The predicted molar refractivity (Wildman–Crippen MR) is 66.9 cm³/mol. The molecule has 0 saturated carbocycles. The topological polar surface area (TPSA) is 68.1 Å². The Kier molecular flexibility index (Phi) is 3.53. The van der Waals surface area contributed by atoms with Gasteiger partial charge in [0.15, 0.2) is 0 Å². The molecule has 0 unspecified atom stereocenters. The molecule has 0 bridgehead atoms. The molecule has 1 heterocycles. The number of carbonyl (C=O) groups is 1. The van der Waals surface area contributed by atoms with E-state index in [1.807, 2.05) is 0 Å². The van der Waals surface area contributed by atoms with Crippen LogP contribution in [0.15, 0.2) is 28.9 Å². The van der Waals surface area contributed by atoms with Crippen molar-refractivity contribution >= 4 is 29.4 Å². The zero-order valence-electron chi connectivity index (χ0n) is 9.51. The highest BCUT2D eigenvalue weighted by Crippen LogP contribution is 2.27. The Balaban J connectivity index is 2.44. The molecule has 0 aliphatic carbocycles. The molecule has 1 N–H and O–H groups in total. The lowest BCUT2D eigenvalue weighted by atomic mass is 10.1. The van der Waals surface area contributed by atoms with Crippen molar-refractivity contribution in [3.8, 4) is 11.5 Å². The zero-order chi connectivity index (χ0) is 13.1. The molecule has 94 valence electrons. The van der Waals surface area contributed by atoms with E-state index in [9.17, 15) is 9.90 Å². The van der Waals surface area contributed by atoms with Crippen LogP contribution in [0.1, 0.15) is 5.56 Å². The van der Waals surface area contributed by atoms with E-state index in [0.29, 0.717) is 17.0 Å².